The summed E-state index contributed by atoms with van der Waals surface area (Å²) in [5.74, 6) is 0.389. The van der Waals surface area contributed by atoms with Crippen molar-refractivity contribution in [1.29, 1.82) is 0 Å². The topological polar surface area (TPSA) is 103 Å². The number of esters is 1. The van der Waals surface area contributed by atoms with Crippen LogP contribution in [0, 0.1) is 0 Å². The molecule has 9 heteroatoms. The number of ether oxygens (including phenoxy) is 1. The quantitative estimate of drug-likeness (QED) is 0.547. The molecule has 8 nitrogen and oxygen atoms in total. The number of nitrogens with zero attached hydrogens (tertiary/aromatic N) is 2. The van der Waals surface area contributed by atoms with Crippen LogP contribution in [0.3, 0.4) is 0 Å². The van der Waals surface area contributed by atoms with E-state index in [9.17, 15) is 13.2 Å². The molecule has 0 spiro atoms. The van der Waals surface area contributed by atoms with E-state index < -0.39 is 16.0 Å². The van der Waals surface area contributed by atoms with Gasteiger partial charge in [0.2, 0.25) is 15.8 Å². The molecule has 1 unspecified atom stereocenters. The third kappa shape index (κ3) is 4.17. The Kier molecular flexibility index (Phi) is 5.74. The summed E-state index contributed by atoms with van der Waals surface area (Å²) >= 11 is 0. The van der Waals surface area contributed by atoms with E-state index >= 15 is 0 Å². The predicted octanol–water partition coefficient (Wildman–Crippen LogP) is 3.85. The maximum absolute atomic E-state index is 12.9. The third-order valence-corrected chi connectivity index (χ3v) is 7.14. The Morgan fingerprint density at radius 1 is 1.20 bits per heavy atom. The second-order valence-corrected chi connectivity index (χ2v) is 9.11. The molecule has 3 heterocycles. The van der Waals surface area contributed by atoms with Gasteiger partial charge >= 0.3 is 5.97 Å². The van der Waals surface area contributed by atoms with Gasteiger partial charge in [-0.05, 0) is 56.2 Å². The van der Waals surface area contributed by atoms with Crippen molar-refractivity contribution in [2.45, 2.75) is 43.7 Å². The zero-order valence-corrected chi connectivity index (χ0v) is 17.3. The molecule has 2 aromatic heterocycles. The van der Waals surface area contributed by atoms with Gasteiger partial charge in [0.05, 0.1) is 16.7 Å². The van der Waals surface area contributed by atoms with Crippen LogP contribution in [0.4, 0.5) is 0 Å². The van der Waals surface area contributed by atoms with E-state index in [0.29, 0.717) is 23.8 Å². The molecule has 1 aromatic carbocycles. The molecule has 0 amide bonds. The number of carbonyl (C=O) groups is 1. The van der Waals surface area contributed by atoms with E-state index in [-0.39, 0.29) is 23.1 Å². The van der Waals surface area contributed by atoms with Gasteiger partial charge in [0.25, 0.3) is 0 Å². The zero-order valence-electron chi connectivity index (χ0n) is 16.5. The normalized spacial score (nSPS) is 17.7. The molecule has 0 N–H and O–H groups in total. The Balaban J connectivity index is 1.39. The number of hydrogen-bond donors (Lipinski definition) is 0. The number of furan rings is 1. The standard InChI is InChI=1S/C21H22N2O6S/c1-15-5-2-3-11-23(15)30(25,26)18-9-7-16(8-10-18)21(24)28-14-17-13-20(29-22-17)19-6-4-12-27-19/h4,6-10,12-13,15H,2-3,5,11,14H2,1H3. The van der Waals surface area contributed by atoms with Gasteiger partial charge in [-0.1, -0.05) is 11.6 Å². The Labute approximate surface area is 174 Å². The number of sulfonamides is 1. The average molecular weight is 430 g/mol. The van der Waals surface area contributed by atoms with Gasteiger partial charge in [-0.2, -0.15) is 4.31 Å². The number of piperidine rings is 1. The van der Waals surface area contributed by atoms with Crippen LogP contribution in [0.2, 0.25) is 0 Å². The second kappa shape index (κ2) is 8.45. The van der Waals surface area contributed by atoms with Crippen LogP contribution in [-0.4, -0.2) is 36.4 Å². The Hall–Kier alpha value is -2.91. The summed E-state index contributed by atoms with van der Waals surface area (Å²) in [6, 6.07) is 10.9. The molecule has 1 saturated heterocycles. The molecule has 3 aromatic rings. The lowest BCUT2D eigenvalue weighted by Crippen LogP contribution is -2.41. The van der Waals surface area contributed by atoms with Crippen LogP contribution < -0.4 is 0 Å². The summed E-state index contributed by atoms with van der Waals surface area (Å²) in [5, 5.41) is 3.85. The molecule has 0 saturated carbocycles. The van der Waals surface area contributed by atoms with Crippen molar-refractivity contribution in [3.05, 3.63) is 60.0 Å². The van der Waals surface area contributed by atoms with Gasteiger partial charge in [0.1, 0.15) is 12.3 Å². The Bertz CT molecular complexity index is 1100. The highest BCUT2D eigenvalue weighted by molar-refractivity contribution is 7.89. The highest BCUT2D eigenvalue weighted by Crippen LogP contribution is 2.25. The van der Waals surface area contributed by atoms with E-state index in [0.717, 1.165) is 19.3 Å². The van der Waals surface area contributed by atoms with Crippen LogP contribution in [0.25, 0.3) is 11.5 Å². The van der Waals surface area contributed by atoms with Gasteiger partial charge in [-0.15, -0.1) is 0 Å². The van der Waals surface area contributed by atoms with Gasteiger partial charge in [-0.25, -0.2) is 13.2 Å². The second-order valence-electron chi connectivity index (χ2n) is 7.22. The van der Waals surface area contributed by atoms with Crippen molar-refractivity contribution < 1.29 is 26.9 Å². The molecular formula is C21H22N2O6S. The highest BCUT2D eigenvalue weighted by Gasteiger charge is 2.31. The first-order valence-corrected chi connectivity index (χ1v) is 11.2. The first-order chi connectivity index (χ1) is 14.4. The monoisotopic (exact) mass is 430 g/mol. The van der Waals surface area contributed by atoms with Crippen molar-refractivity contribution in [3.8, 4) is 11.5 Å². The van der Waals surface area contributed by atoms with Crippen LogP contribution in [0.1, 0.15) is 42.2 Å². The first kappa shape index (κ1) is 20.4. The Morgan fingerprint density at radius 3 is 2.70 bits per heavy atom. The third-order valence-electron chi connectivity index (χ3n) is 5.11. The molecule has 1 aliphatic heterocycles. The minimum Gasteiger partial charge on any atom is -0.461 e. The summed E-state index contributed by atoms with van der Waals surface area (Å²) in [7, 11) is -3.58. The smallest absolute Gasteiger partial charge is 0.338 e. The van der Waals surface area contributed by atoms with Gasteiger partial charge in [0, 0.05) is 18.7 Å². The Morgan fingerprint density at radius 2 is 2.00 bits per heavy atom. The summed E-state index contributed by atoms with van der Waals surface area (Å²) < 4.78 is 42.9. The molecule has 1 fully saturated rings. The minimum atomic E-state index is -3.58. The van der Waals surface area contributed by atoms with Crippen molar-refractivity contribution in [1.82, 2.24) is 9.46 Å². The molecule has 30 heavy (non-hydrogen) atoms. The first-order valence-electron chi connectivity index (χ1n) is 9.73. The largest absolute Gasteiger partial charge is 0.461 e. The van der Waals surface area contributed by atoms with Crippen LogP contribution >= 0.6 is 0 Å². The van der Waals surface area contributed by atoms with E-state index in [4.69, 9.17) is 13.7 Å². The van der Waals surface area contributed by atoms with E-state index in [2.05, 4.69) is 5.16 Å². The van der Waals surface area contributed by atoms with Crippen LogP contribution in [0.15, 0.2) is 62.6 Å². The number of hydrogen-bond acceptors (Lipinski definition) is 7. The lowest BCUT2D eigenvalue weighted by atomic mass is 10.1. The zero-order chi connectivity index (χ0) is 21.1. The van der Waals surface area contributed by atoms with Crippen molar-refractivity contribution >= 4 is 16.0 Å². The van der Waals surface area contributed by atoms with E-state index in [1.165, 1.54) is 34.8 Å². The van der Waals surface area contributed by atoms with Crippen molar-refractivity contribution in [2.24, 2.45) is 0 Å². The molecule has 1 atom stereocenters. The maximum Gasteiger partial charge on any atom is 0.338 e. The number of aromatic nitrogens is 1. The number of rotatable bonds is 6. The van der Waals surface area contributed by atoms with Crippen molar-refractivity contribution in [2.75, 3.05) is 6.54 Å². The van der Waals surface area contributed by atoms with Crippen molar-refractivity contribution in [3.63, 3.8) is 0 Å². The summed E-state index contributed by atoms with van der Waals surface area (Å²) in [5.41, 5.74) is 0.698. The summed E-state index contributed by atoms with van der Waals surface area (Å²) in [6.45, 7) is 2.36. The molecular weight excluding hydrogens is 408 g/mol. The van der Waals surface area contributed by atoms with Gasteiger partial charge in [-0.3, -0.25) is 0 Å². The molecule has 0 radical (unpaired) electrons. The maximum atomic E-state index is 12.9. The highest BCUT2D eigenvalue weighted by atomic mass is 32.2. The molecule has 4 rings (SSSR count). The molecule has 0 bridgehead atoms. The van der Waals surface area contributed by atoms with Crippen LogP contribution in [0.5, 0.6) is 0 Å². The fraction of sp³-hybridized carbons (Fsp3) is 0.333. The fourth-order valence-corrected chi connectivity index (χ4v) is 5.16. The van der Waals surface area contributed by atoms with E-state index in [1.54, 1.807) is 18.2 Å². The average Bonchev–Trinajstić information content (AvgIpc) is 3.44. The lowest BCUT2D eigenvalue weighted by molar-refractivity contribution is 0.0464. The minimum absolute atomic E-state index is 0.0260. The summed E-state index contributed by atoms with van der Waals surface area (Å²) in [6.07, 6.45) is 4.27. The number of carbonyl (C=O) groups excluding carboxylic acids is 1. The SMILES string of the molecule is CC1CCCCN1S(=O)(=O)c1ccc(C(=O)OCc2cc(-c3ccco3)on2)cc1. The van der Waals surface area contributed by atoms with Gasteiger partial charge < -0.3 is 13.7 Å². The number of benzene rings is 1. The lowest BCUT2D eigenvalue weighted by Gasteiger charge is -2.32. The van der Waals surface area contributed by atoms with Crippen LogP contribution in [-0.2, 0) is 21.4 Å². The van der Waals surface area contributed by atoms with Gasteiger partial charge in [0.15, 0.2) is 5.76 Å². The van der Waals surface area contributed by atoms with E-state index in [1.807, 2.05) is 6.92 Å². The predicted molar refractivity (Wildman–Crippen MR) is 107 cm³/mol. The molecule has 0 aliphatic carbocycles. The fourth-order valence-electron chi connectivity index (χ4n) is 3.46. The summed E-state index contributed by atoms with van der Waals surface area (Å²) in [4.78, 5) is 12.5. The molecule has 158 valence electrons. The molecule has 1 aliphatic rings.